The first-order chi connectivity index (χ1) is 5.20. The second kappa shape index (κ2) is 3.74. The maximum absolute atomic E-state index is 10.6. The fraction of sp³-hybridized carbons (Fsp3) is 0.250. The molecule has 0 fully saturated rings. The molecule has 1 aromatic carbocycles. The molecule has 0 saturated carbocycles. The van der Waals surface area contributed by atoms with Crippen LogP contribution in [0.2, 0.25) is 0 Å². The summed E-state index contributed by atoms with van der Waals surface area (Å²) in [6, 6.07) is 7.27. The Hall–Kier alpha value is -0.540. The summed E-state index contributed by atoms with van der Waals surface area (Å²) in [5, 5.41) is 10.6. The summed E-state index contributed by atoms with van der Waals surface area (Å²) in [6.45, 7) is 1.46. The molecule has 0 aromatic heterocycles. The molecule has 1 aromatic rings. The fourth-order valence-corrected chi connectivity index (χ4v) is 1.10. The van der Waals surface area contributed by atoms with Crippen molar-refractivity contribution in [3.63, 3.8) is 0 Å². The molecule has 1 atom stereocenters. The Bertz CT molecular complexity index is 235. The van der Waals surface area contributed by atoms with E-state index in [2.05, 4.69) is 15.9 Å². The quantitative estimate of drug-likeness (QED) is 0.698. The molecule has 1 unspecified atom stereocenters. The van der Waals surface area contributed by atoms with Gasteiger partial charge in [-0.05, 0) is 28.1 Å². The van der Waals surface area contributed by atoms with Gasteiger partial charge in [0.15, 0.2) is 0 Å². The molecule has 1 rings (SSSR count). The van der Waals surface area contributed by atoms with Crippen LogP contribution in [-0.4, -0.2) is 6.29 Å². The van der Waals surface area contributed by atoms with E-state index in [1.54, 1.807) is 6.07 Å². The van der Waals surface area contributed by atoms with Gasteiger partial charge in [0, 0.05) is 6.92 Å². The second-order valence-corrected chi connectivity index (χ2v) is 2.97. The van der Waals surface area contributed by atoms with Gasteiger partial charge in [-0.2, -0.15) is 5.11 Å². The molecule has 3 heteroatoms. The molecule has 0 amide bonds. The topological polar surface area (TPSA) is 29.1 Å². The van der Waals surface area contributed by atoms with Gasteiger partial charge >= 0.3 is 0 Å². The van der Waals surface area contributed by atoms with E-state index in [9.17, 15) is 5.11 Å². The van der Waals surface area contributed by atoms with Gasteiger partial charge in [-0.3, -0.25) is 0 Å². The SMILES string of the molecule is CC([O])Oc1ccccc1Br. The maximum atomic E-state index is 10.6. The predicted octanol–water partition coefficient (Wildman–Crippen LogP) is 2.60. The van der Waals surface area contributed by atoms with E-state index in [1.165, 1.54) is 6.92 Å². The van der Waals surface area contributed by atoms with Gasteiger partial charge in [-0.1, -0.05) is 12.1 Å². The van der Waals surface area contributed by atoms with Crippen LogP contribution in [0.15, 0.2) is 28.7 Å². The standard InChI is InChI=1S/C8H8BrO2/c1-6(10)11-8-5-3-2-4-7(8)9/h2-6H,1H3. The number of para-hydroxylation sites is 1. The average Bonchev–Trinajstić information content (AvgIpc) is 1.93. The fourth-order valence-electron chi connectivity index (χ4n) is 0.719. The Morgan fingerprint density at radius 2 is 2.09 bits per heavy atom. The molecule has 1 radical (unpaired) electrons. The highest BCUT2D eigenvalue weighted by Crippen LogP contribution is 2.24. The van der Waals surface area contributed by atoms with Gasteiger partial charge in [-0.25, -0.2) is 0 Å². The molecule has 0 aliphatic carbocycles. The van der Waals surface area contributed by atoms with Crippen molar-refractivity contribution >= 4 is 15.9 Å². The monoisotopic (exact) mass is 215 g/mol. The van der Waals surface area contributed by atoms with Crippen LogP contribution in [0.1, 0.15) is 6.92 Å². The first-order valence-electron chi connectivity index (χ1n) is 3.27. The summed E-state index contributed by atoms with van der Waals surface area (Å²) in [7, 11) is 0. The maximum Gasteiger partial charge on any atom is 0.228 e. The lowest BCUT2D eigenvalue weighted by Crippen LogP contribution is -2.07. The minimum atomic E-state index is -1.02. The van der Waals surface area contributed by atoms with E-state index in [0.717, 1.165) is 4.47 Å². The molecular weight excluding hydrogens is 208 g/mol. The average molecular weight is 216 g/mol. The molecule has 0 aliphatic heterocycles. The number of halogens is 1. The summed E-state index contributed by atoms with van der Waals surface area (Å²) in [5.74, 6) is 0.593. The summed E-state index contributed by atoms with van der Waals surface area (Å²) >= 11 is 3.26. The summed E-state index contributed by atoms with van der Waals surface area (Å²) in [4.78, 5) is 0. The zero-order valence-electron chi connectivity index (χ0n) is 6.08. The van der Waals surface area contributed by atoms with E-state index < -0.39 is 6.29 Å². The molecule has 0 aliphatic rings. The van der Waals surface area contributed by atoms with Crippen LogP contribution in [0.3, 0.4) is 0 Å². The van der Waals surface area contributed by atoms with Gasteiger partial charge in [0.1, 0.15) is 5.75 Å². The van der Waals surface area contributed by atoms with Crippen molar-refractivity contribution in [1.29, 1.82) is 0 Å². The lowest BCUT2D eigenvalue weighted by molar-refractivity contribution is -0.0557. The van der Waals surface area contributed by atoms with Gasteiger partial charge in [-0.15, -0.1) is 0 Å². The van der Waals surface area contributed by atoms with Crippen LogP contribution in [0, 0.1) is 0 Å². The van der Waals surface area contributed by atoms with Gasteiger partial charge in [0.25, 0.3) is 0 Å². The molecule has 59 valence electrons. The summed E-state index contributed by atoms with van der Waals surface area (Å²) < 4.78 is 5.75. The van der Waals surface area contributed by atoms with E-state index in [4.69, 9.17) is 4.74 Å². The lowest BCUT2D eigenvalue weighted by Gasteiger charge is -2.07. The van der Waals surface area contributed by atoms with E-state index in [0.29, 0.717) is 5.75 Å². The first-order valence-corrected chi connectivity index (χ1v) is 4.06. The normalized spacial score (nSPS) is 12.6. The van der Waals surface area contributed by atoms with Crippen molar-refractivity contribution < 1.29 is 9.84 Å². The van der Waals surface area contributed by atoms with Crippen molar-refractivity contribution in [2.75, 3.05) is 0 Å². The number of ether oxygens (including phenoxy) is 1. The van der Waals surface area contributed by atoms with Crippen LogP contribution >= 0.6 is 15.9 Å². The molecule has 0 heterocycles. The minimum Gasteiger partial charge on any atom is -0.461 e. The first kappa shape index (κ1) is 8.56. The third-order valence-electron chi connectivity index (χ3n) is 1.13. The lowest BCUT2D eigenvalue weighted by atomic mass is 10.3. The highest BCUT2D eigenvalue weighted by atomic mass is 79.9. The molecular formula is C8H8BrO2. The van der Waals surface area contributed by atoms with Crippen molar-refractivity contribution in [3.05, 3.63) is 28.7 Å². The Labute approximate surface area is 73.9 Å². The molecule has 0 saturated heterocycles. The highest BCUT2D eigenvalue weighted by Gasteiger charge is 2.02. The van der Waals surface area contributed by atoms with Crippen molar-refractivity contribution in [2.24, 2.45) is 0 Å². The molecule has 0 bridgehead atoms. The van der Waals surface area contributed by atoms with E-state index in [-0.39, 0.29) is 0 Å². The number of benzene rings is 1. The summed E-state index contributed by atoms with van der Waals surface area (Å²) in [6.07, 6.45) is -1.02. The van der Waals surface area contributed by atoms with Gasteiger partial charge in [0.05, 0.1) is 4.47 Å². The third kappa shape index (κ3) is 2.52. The highest BCUT2D eigenvalue weighted by molar-refractivity contribution is 9.10. The molecule has 11 heavy (non-hydrogen) atoms. The van der Waals surface area contributed by atoms with Crippen molar-refractivity contribution in [3.8, 4) is 5.75 Å². The molecule has 0 N–H and O–H groups in total. The smallest absolute Gasteiger partial charge is 0.228 e. The number of hydrogen-bond acceptors (Lipinski definition) is 1. The largest absolute Gasteiger partial charge is 0.461 e. The Morgan fingerprint density at radius 1 is 1.45 bits per heavy atom. The van der Waals surface area contributed by atoms with Crippen LogP contribution in [0.4, 0.5) is 0 Å². The predicted molar refractivity (Wildman–Crippen MR) is 44.9 cm³/mol. The number of hydrogen-bond donors (Lipinski definition) is 0. The van der Waals surface area contributed by atoms with Gasteiger partial charge < -0.3 is 4.74 Å². The van der Waals surface area contributed by atoms with Crippen LogP contribution in [-0.2, 0) is 5.11 Å². The van der Waals surface area contributed by atoms with Crippen LogP contribution in [0.5, 0.6) is 5.75 Å². The number of rotatable bonds is 2. The van der Waals surface area contributed by atoms with Gasteiger partial charge in [0.2, 0.25) is 6.29 Å². The van der Waals surface area contributed by atoms with Crippen LogP contribution < -0.4 is 4.74 Å². The van der Waals surface area contributed by atoms with E-state index >= 15 is 0 Å². The minimum absolute atomic E-state index is 0.593. The Kier molecular flexibility index (Phi) is 2.91. The van der Waals surface area contributed by atoms with Crippen molar-refractivity contribution in [1.82, 2.24) is 0 Å². The van der Waals surface area contributed by atoms with Crippen molar-refractivity contribution in [2.45, 2.75) is 13.2 Å². The Balaban J connectivity index is 2.78. The molecule has 2 nitrogen and oxygen atoms in total. The Morgan fingerprint density at radius 3 is 2.64 bits per heavy atom. The zero-order valence-corrected chi connectivity index (χ0v) is 7.67. The summed E-state index contributed by atoms with van der Waals surface area (Å²) in [5.41, 5.74) is 0. The van der Waals surface area contributed by atoms with E-state index in [1.807, 2.05) is 18.2 Å². The zero-order chi connectivity index (χ0) is 8.27. The molecule has 0 spiro atoms. The van der Waals surface area contributed by atoms with Crippen LogP contribution in [0.25, 0.3) is 0 Å². The third-order valence-corrected chi connectivity index (χ3v) is 1.78. The second-order valence-electron chi connectivity index (χ2n) is 2.12.